The van der Waals surface area contributed by atoms with E-state index in [4.69, 9.17) is 30.5 Å². The van der Waals surface area contributed by atoms with E-state index < -0.39 is 17.8 Å². The molecule has 37 heavy (non-hydrogen) atoms. The molecule has 0 aliphatic carbocycles. The molecule has 192 valence electrons. The van der Waals surface area contributed by atoms with Crippen molar-refractivity contribution in [1.82, 2.24) is 10.7 Å². The van der Waals surface area contributed by atoms with Crippen molar-refractivity contribution in [3.05, 3.63) is 82.4 Å². The van der Waals surface area contributed by atoms with Crippen LogP contribution in [0.2, 0.25) is 5.02 Å². The number of esters is 1. The Morgan fingerprint density at radius 1 is 0.919 bits per heavy atom. The van der Waals surface area contributed by atoms with Gasteiger partial charge < -0.3 is 24.3 Å². The highest BCUT2D eigenvalue weighted by Crippen LogP contribution is 2.38. The van der Waals surface area contributed by atoms with Gasteiger partial charge in [-0.25, -0.2) is 10.2 Å². The highest BCUT2D eigenvalue weighted by Gasteiger charge is 2.18. The molecule has 10 nitrogen and oxygen atoms in total. The number of nitrogens with one attached hydrogen (secondary N) is 2. The molecule has 0 radical (unpaired) electrons. The van der Waals surface area contributed by atoms with Crippen molar-refractivity contribution in [3.8, 4) is 23.0 Å². The fourth-order valence-corrected chi connectivity index (χ4v) is 3.33. The maximum absolute atomic E-state index is 12.6. The van der Waals surface area contributed by atoms with E-state index in [9.17, 15) is 14.4 Å². The van der Waals surface area contributed by atoms with Crippen molar-refractivity contribution in [2.45, 2.75) is 0 Å². The van der Waals surface area contributed by atoms with Crippen LogP contribution in [0.1, 0.15) is 26.3 Å². The predicted molar refractivity (Wildman–Crippen MR) is 137 cm³/mol. The molecule has 3 aromatic carbocycles. The Morgan fingerprint density at radius 3 is 2.16 bits per heavy atom. The smallest absolute Gasteiger partial charge is 0.343 e. The average molecular weight is 526 g/mol. The van der Waals surface area contributed by atoms with Crippen LogP contribution >= 0.6 is 11.6 Å². The van der Waals surface area contributed by atoms with E-state index in [0.29, 0.717) is 28.6 Å². The molecule has 0 aromatic heterocycles. The highest BCUT2D eigenvalue weighted by atomic mass is 35.5. The number of hydrazone groups is 1. The third kappa shape index (κ3) is 7.21. The van der Waals surface area contributed by atoms with Gasteiger partial charge in [-0.1, -0.05) is 23.7 Å². The third-order valence-electron chi connectivity index (χ3n) is 4.92. The van der Waals surface area contributed by atoms with Crippen LogP contribution in [0.25, 0.3) is 0 Å². The van der Waals surface area contributed by atoms with Gasteiger partial charge in [0.25, 0.3) is 11.8 Å². The Bertz CT molecular complexity index is 1280. The van der Waals surface area contributed by atoms with Crippen LogP contribution in [0.4, 0.5) is 0 Å². The number of hydrogen-bond acceptors (Lipinski definition) is 8. The minimum absolute atomic E-state index is 0.212. The zero-order valence-electron chi connectivity index (χ0n) is 20.2. The third-order valence-corrected chi connectivity index (χ3v) is 5.25. The number of benzene rings is 3. The standard InChI is InChI=1S/C26H24ClN3O7/c1-34-21-12-17(13-22(35-2)24(21)36-3)26(33)37-18-10-8-16(9-11-18)14-29-30-23(31)15-28-25(32)19-6-4-5-7-20(19)27/h4-14H,15H2,1-3H3,(H,28,32)(H,30,31). The molecule has 0 unspecified atom stereocenters. The van der Waals surface area contributed by atoms with Gasteiger partial charge in [0, 0.05) is 0 Å². The summed E-state index contributed by atoms with van der Waals surface area (Å²) in [4.78, 5) is 36.6. The SMILES string of the molecule is COc1cc(C(=O)Oc2ccc(C=NNC(=O)CNC(=O)c3ccccc3Cl)cc2)cc(OC)c1OC. The maximum atomic E-state index is 12.6. The lowest BCUT2D eigenvalue weighted by Crippen LogP contribution is -2.35. The molecule has 0 aliphatic rings. The van der Waals surface area contributed by atoms with Crippen LogP contribution in [0.15, 0.2) is 65.8 Å². The Labute approximate surface area is 218 Å². The maximum Gasteiger partial charge on any atom is 0.343 e. The zero-order valence-corrected chi connectivity index (χ0v) is 21.0. The topological polar surface area (TPSA) is 125 Å². The van der Waals surface area contributed by atoms with Gasteiger partial charge in [-0.3, -0.25) is 9.59 Å². The van der Waals surface area contributed by atoms with Crippen molar-refractivity contribution < 1.29 is 33.3 Å². The van der Waals surface area contributed by atoms with Crippen molar-refractivity contribution in [2.75, 3.05) is 27.9 Å². The van der Waals surface area contributed by atoms with Gasteiger partial charge in [-0.2, -0.15) is 5.10 Å². The van der Waals surface area contributed by atoms with E-state index in [-0.39, 0.29) is 22.7 Å². The largest absolute Gasteiger partial charge is 0.493 e. The number of halogens is 1. The summed E-state index contributed by atoms with van der Waals surface area (Å²) in [6.07, 6.45) is 1.40. The number of nitrogens with zero attached hydrogens (tertiary/aromatic N) is 1. The lowest BCUT2D eigenvalue weighted by molar-refractivity contribution is -0.120. The van der Waals surface area contributed by atoms with Gasteiger partial charge >= 0.3 is 5.97 Å². The Balaban J connectivity index is 1.53. The molecule has 11 heteroatoms. The van der Waals surface area contributed by atoms with Crippen LogP contribution in [-0.4, -0.2) is 51.9 Å². The molecule has 0 heterocycles. The van der Waals surface area contributed by atoms with E-state index >= 15 is 0 Å². The fraction of sp³-hybridized carbons (Fsp3) is 0.154. The number of rotatable bonds is 10. The first-order chi connectivity index (χ1) is 17.9. The molecule has 0 saturated carbocycles. The molecule has 2 N–H and O–H groups in total. The van der Waals surface area contributed by atoms with E-state index in [2.05, 4.69) is 15.8 Å². The first-order valence-corrected chi connectivity index (χ1v) is 11.2. The molecule has 3 rings (SSSR count). The Kier molecular flexibility index (Phi) is 9.45. The number of carbonyl (C=O) groups excluding carboxylic acids is 3. The van der Waals surface area contributed by atoms with Gasteiger partial charge in [-0.05, 0) is 54.1 Å². The molecular weight excluding hydrogens is 502 g/mol. The molecule has 0 atom stereocenters. The monoisotopic (exact) mass is 525 g/mol. The fourth-order valence-electron chi connectivity index (χ4n) is 3.11. The lowest BCUT2D eigenvalue weighted by Gasteiger charge is -2.13. The van der Waals surface area contributed by atoms with Gasteiger partial charge in [0.1, 0.15) is 5.75 Å². The van der Waals surface area contributed by atoms with E-state index in [1.165, 1.54) is 39.7 Å². The van der Waals surface area contributed by atoms with Crippen molar-refractivity contribution in [2.24, 2.45) is 5.10 Å². The van der Waals surface area contributed by atoms with Crippen LogP contribution in [-0.2, 0) is 4.79 Å². The van der Waals surface area contributed by atoms with E-state index in [1.807, 2.05) is 0 Å². The molecule has 0 spiro atoms. The Hall–Kier alpha value is -4.57. The van der Waals surface area contributed by atoms with Gasteiger partial charge in [0.05, 0.1) is 50.2 Å². The van der Waals surface area contributed by atoms with Gasteiger partial charge in [-0.15, -0.1) is 0 Å². The van der Waals surface area contributed by atoms with Crippen molar-refractivity contribution in [3.63, 3.8) is 0 Å². The minimum atomic E-state index is -0.619. The van der Waals surface area contributed by atoms with E-state index in [1.54, 1.807) is 48.5 Å². The summed E-state index contributed by atoms with van der Waals surface area (Å²) in [5.74, 6) is -0.306. The molecule has 0 saturated heterocycles. The number of amides is 2. The summed E-state index contributed by atoms with van der Waals surface area (Å²) >= 11 is 5.96. The van der Waals surface area contributed by atoms with Crippen LogP contribution < -0.4 is 29.7 Å². The molecule has 3 aromatic rings. The van der Waals surface area contributed by atoms with Crippen molar-refractivity contribution in [1.29, 1.82) is 0 Å². The molecule has 0 fully saturated rings. The summed E-state index contributed by atoms with van der Waals surface area (Å²) in [6.45, 7) is -0.281. The quantitative estimate of drug-likeness (QED) is 0.180. The lowest BCUT2D eigenvalue weighted by atomic mass is 10.2. The summed E-state index contributed by atoms with van der Waals surface area (Å²) in [5, 5.41) is 6.61. The number of ether oxygens (including phenoxy) is 4. The van der Waals surface area contributed by atoms with Gasteiger partial charge in [0.15, 0.2) is 11.5 Å². The Morgan fingerprint density at radius 2 is 1.57 bits per heavy atom. The second-order valence-electron chi connectivity index (χ2n) is 7.33. The first kappa shape index (κ1) is 27.0. The second kappa shape index (κ2) is 12.9. The van der Waals surface area contributed by atoms with Gasteiger partial charge in [0.2, 0.25) is 5.75 Å². The summed E-state index contributed by atoms with van der Waals surface area (Å²) < 4.78 is 21.2. The predicted octanol–water partition coefficient (Wildman–Crippen LogP) is 3.47. The van der Waals surface area contributed by atoms with Crippen LogP contribution in [0, 0.1) is 0 Å². The number of carbonyl (C=O) groups is 3. The number of methoxy groups -OCH3 is 3. The van der Waals surface area contributed by atoms with E-state index in [0.717, 1.165) is 0 Å². The molecule has 2 amide bonds. The van der Waals surface area contributed by atoms with Crippen LogP contribution in [0.3, 0.4) is 0 Å². The minimum Gasteiger partial charge on any atom is -0.493 e. The molecule has 0 bridgehead atoms. The first-order valence-electron chi connectivity index (χ1n) is 10.8. The normalized spacial score (nSPS) is 10.5. The average Bonchev–Trinajstić information content (AvgIpc) is 2.91. The van der Waals surface area contributed by atoms with Crippen LogP contribution in [0.5, 0.6) is 23.0 Å². The van der Waals surface area contributed by atoms with Crippen molar-refractivity contribution >= 4 is 35.6 Å². The number of hydrogen-bond donors (Lipinski definition) is 2. The second-order valence-corrected chi connectivity index (χ2v) is 7.74. The summed E-state index contributed by atoms with van der Waals surface area (Å²) in [5.41, 5.74) is 3.43. The summed E-state index contributed by atoms with van der Waals surface area (Å²) in [7, 11) is 4.37. The highest BCUT2D eigenvalue weighted by molar-refractivity contribution is 6.33. The summed E-state index contributed by atoms with van der Waals surface area (Å²) in [6, 6.07) is 15.9. The molecule has 0 aliphatic heterocycles. The zero-order chi connectivity index (χ0) is 26.8. The molecular formula is C26H24ClN3O7.